The summed E-state index contributed by atoms with van der Waals surface area (Å²) in [5.74, 6) is 2.47. The maximum absolute atomic E-state index is 5.40. The molecule has 0 saturated carbocycles. The molecule has 1 fully saturated rings. The fourth-order valence-corrected chi connectivity index (χ4v) is 2.68. The lowest BCUT2D eigenvalue weighted by Crippen LogP contribution is -2.25. The average molecular weight is 255 g/mol. The summed E-state index contributed by atoms with van der Waals surface area (Å²) in [4.78, 5) is 4.53. The molecule has 2 unspecified atom stereocenters. The number of hydrogen-bond donors (Lipinski definition) is 1. The van der Waals surface area contributed by atoms with E-state index in [1.54, 1.807) is 0 Å². The van der Waals surface area contributed by atoms with Gasteiger partial charge in [0.05, 0.1) is 11.2 Å². The van der Waals surface area contributed by atoms with Crippen LogP contribution in [0.4, 0.5) is 0 Å². The zero-order chi connectivity index (χ0) is 12.3. The lowest BCUT2D eigenvalue weighted by atomic mass is 9.90. The van der Waals surface area contributed by atoms with Crippen LogP contribution in [-0.4, -0.2) is 28.5 Å². The van der Waals surface area contributed by atoms with E-state index in [1.807, 2.05) is 11.8 Å². The molecule has 1 saturated heterocycles. The number of thioether (sulfide) groups is 1. The zero-order valence-corrected chi connectivity index (χ0v) is 11.6. The first-order chi connectivity index (χ1) is 8.14. The topological polar surface area (TPSA) is 51.0 Å². The van der Waals surface area contributed by atoms with E-state index in [0.717, 1.165) is 37.0 Å². The predicted octanol–water partition coefficient (Wildman–Crippen LogP) is 2.35. The minimum absolute atomic E-state index is 0.0340. The Balaban J connectivity index is 1.96. The summed E-state index contributed by atoms with van der Waals surface area (Å²) in [5.41, 5.74) is 0.0340. The molecule has 1 N–H and O–H groups in total. The number of hydrogen-bond acceptors (Lipinski definition) is 5. The molecule has 0 bridgehead atoms. The SMILES string of the molecule is CCC(C)SCc1noc(C2(C)CCNC2)n1. The molecule has 1 aliphatic heterocycles. The summed E-state index contributed by atoms with van der Waals surface area (Å²) >= 11 is 1.88. The molecular weight excluding hydrogens is 234 g/mol. The normalized spacial score (nSPS) is 26.3. The van der Waals surface area contributed by atoms with Crippen molar-refractivity contribution in [3.8, 4) is 0 Å². The third kappa shape index (κ3) is 3.01. The third-order valence-electron chi connectivity index (χ3n) is 3.42. The van der Waals surface area contributed by atoms with Crippen LogP contribution in [0.1, 0.15) is 45.3 Å². The van der Waals surface area contributed by atoms with Crippen LogP contribution < -0.4 is 5.32 Å². The summed E-state index contributed by atoms with van der Waals surface area (Å²) in [6.45, 7) is 8.59. The fourth-order valence-electron chi connectivity index (χ4n) is 1.89. The molecule has 5 heteroatoms. The van der Waals surface area contributed by atoms with E-state index >= 15 is 0 Å². The van der Waals surface area contributed by atoms with Crippen molar-refractivity contribution in [1.82, 2.24) is 15.5 Å². The highest BCUT2D eigenvalue weighted by Gasteiger charge is 2.36. The van der Waals surface area contributed by atoms with Crippen LogP contribution in [0.25, 0.3) is 0 Å². The van der Waals surface area contributed by atoms with Gasteiger partial charge < -0.3 is 9.84 Å². The molecule has 0 amide bonds. The standard InChI is InChI=1S/C12H21N3OS/c1-4-9(2)17-7-10-14-11(16-15-10)12(3)5-6-13-8-12/h9,13H,4-8H2,1-3H3. The minimum atomic E-state index is 0.0340. The first-order valence-electron chi connectivity index (χ1n) is 6.29. The van der Waals surface area contributed by atoms with Crippen LogP contribution in [-0.2, 0) is 11.2 Å². The van der Waals surface area contributed by atoms with Crippen LogP contribution in [0.2, 0.25) is 0 Å². The van der Waals surface area contributed by atoms with Crippen molar-refractivity contribution in [3.63, 3.8) is 0 Å². The molecule has 1 aliphatic rings. The summed E-state index contributed by atoms with van der Waals surface area (Å²) in [6.07, 6.45) is 2.25. The molecule has 0 radical (unpaired) electrons. The summed E-state index contributed by atoms with van der Waals surface area (Å²) in [6, 6.07) is 0. The number of aromatic nitrogens is 2. The van der Waals surface area contributed by atoms with Gasteiger partial charge in [0.2, 0.25) is 5.89 Å². The molecule has 4 nitrogen and oxygen atoms in total. The molecule has 2 heterocycles. The van der Waals surface area contributed by atoms with Crippen molar-refractivity contribution < 1.29 is 4.52 Å². The van der Waals surface area contributed by atoms with Gasteiger partial charge in [-0.05, 0) is 26.3 Å². The van der Waals surface area contributed by atoms with Gasteiger partial charge in [-0.25, -0.2) is 0 Å². The Kier molecular flexibility index (Phi) is 4.09. The summed E-state index contributed by atoms with van der Waals surface area (Å²) in [7, 11) is 0. The van der Waals surface area contributed by atoms with Crippen molar-refractivity contribution in [2.45, 2.75) is 50.0 Å². The first-order valence-corrected chi connectivity index (χ1v) is 7.34. The lowest BCUT2D eigenvalue weighted by Gasteiger charge is -2.15. The first kappa shape index (κ1) is 12.9. The maximum Gasteiger partial charge on any atom is 0.233 e. The van der Waals surface area contributed by atoms with E-state index in [9.17, 15) is 0 Å². The van der Waals surface area contributed by atoms with Crippen molar-refractivity contribution in [2.75, 3.05) is 13.1 Å². The molecule has 2 atom stereocenters. The van der Waals surface area contributed by atoms with E-state index in [-0.39, 0.29) is 5.41 Å². The second-order valence-corrected chi connectivity index (χ2v) is 6.46. The van der Waals surface area contributed by atoms with Gasteiger partial charge in [-0.2, -0.15) is 16.7 Å². The Morgan fingerprint density at radius 3 is 3.06 bits per heavy atom. The van der Waals surface area contributed by atoms with Crippen LogP contribution in [0.5, 0.6) is 0 Å². The Bertz CT molecular complexity index is 360. The molecule has 0 aliphatic carbocycles. The predicted molar refractivity (Wildman–Crippen MR) is 70.2 cm³/mol. The van der Waals surface area contributed by atoms with Gasteiger partial charge in [-0.3, -0.25) is 0 Å². The Morgan fingerprint density at radius 1 is 1.59 bits per heavy atom. The van der Waals surface area contributed by atoms with Crippen LogP contribution in [0, 0.1) is 0 Å². The van der Waals surface area contributed by atoms with Crippen LogP contribution in [0.3, 0.4) is 0 Å². The highest BCUT2D eigenvalue weighted by molar-refractivity contribution is 7.99. The smallest absolute Gasteiger partial charge is 0.233 e. The summed E-state index contributed by atoms with van der Waals surface area (Å²) < 4.78 is 5.40. The van der Waals surface area contributed by atoms with E-state index in [4.69, 9.17) is 4.52 Å². The van der Waals surface area contributed by atoms with Crippen LogP contribution >= 0.6 is 11.8 Å². The summed E-state index contributed by atoms with van der Waals surface area (Å²) in [5, 5.41) is 8.08. The molecule has 2 rings (SSSR count). The largest absolute Gasteiger partial charge is 0.339 e. The second kappa shape index (κ2) is 5.40. The van der Waals surface area contributed by atoms with Crippen molar-refractivity contribution in [1.29, 1.82) is 0 Å². The van der Waals surface area contributed by atoms with Gasteiger partial charge >= 0.3 is 0 Å². The number of rotatable bonds is 5. The molecule has 17 heavy (non-hydrogen) atoms. The van der Waals surface area contributed by atoms with E-state index in [0.29, 0.717) is 5.25 Å². The monoisotopic (exact) mass is 255 g/mol. The Morgan fingerprint density at radius 2 is 2.41 bits per heavy atom. The molecule has 0 spiro atoms. The quantitative estimate of drug-likeness (QED) is 0.875. The van der Waals surface area contributed by atoms with E-state index in [1.165, 1.54) is 6.42 Å². The number of nitrogens with one attached hydrogen (secondary N) is 1. The highest BCUT2D eigenvalue weighted by Crippen LogP contribution is 2.29. The van der Waals surface area contributed by atoms with Crippen LogP contribution in [0.15, 0.2) is 4.52 Å². The molecule has 96 valence electrons. The van der Waals surface area contributed by atoms with Gasteiger partial charge in [0, 0.05) is 11.8 Å². The average Bonchev–Trinajstić information content (AvgIpc) is 2.95. The van der Waals surface area contributed by atoms with Crippen molar-refractivity contribution in [3.05, 3.63) is 11.7 Å². The van der Waals surface area contributed by atoms with Gasteiger partial charge in [0.1, 0.15) is 0 Å². The Labute approximate surface area is 107 Å². The molecule has 0 aromatic carbocycles. The Hall–Kier alpha value is -0.550. The fraction of sp³-hybridized carbons (Fsp3) is 0.833. The lowest BCUT2D eigenvalue weighted by molar-refractivity contribution is 0.305. The van der Waals surface area contributed by atoms with Gasteiger partial charge in [0.15, 0.2) is 5.82 Å². The van der Waals surface area contributed by atoms with E-state index in [2.05, 4.69) is 36.2 Å². The zero-order valence-electron chi connectivity index (χ0n) is 10.8. The van der Waals surface area contributed by atoms with Gasteiger partial charge in [-0.15, -0.1) is 0 Å². The van der Waals surface area contributed by atoms with E-state index < -0.39 is 0 Å². The minimum Gasteiger partial charge on any atom is -0.339 e. The van der Waals surface area contributed by atoms with Crippen molar-refractivity contribution >= 4 is 11.8 Å². The highest BCUT2D eigenvalue weighted by atomic mass is 32.2. The van der Waals surface area contributed by atoms with Crippen molar-refractivity contribution in [2.24, 2.45) is 0 Å². The van der Waals surface area contributed by atoms with Gasteiger partial charge in [0.25, 0.3) is 0 Å². The van der Waals surface area contributed by atoms with Gasteiger partial charge in [-0.1, -0.05) is 19.0 Å². The molecule has 1 aromatic rings. The molecule has 1 aromatic heterocycles. The maximum atomic E-state index is 5.40. The second-order valence-electron chi connectivity index (χ2n) is 5.03. The third-order valence-corrected chi connectivity index (χ3v) is 4.75. The number of nitrogens with zero attached hydrogens (tertiary/aromatic N) is 2. The molecular formula is C12H21N3OS.